The predicted molar refractivity (Wildman–Crippen MR) is 157 cm³/mol. The highest BCUT2D eigenvalue weighted by Crippen LogP contribution is 2.36. The quantitative estimate of drug-likeness (QED) is 0.0677. The van der Waals surface area contributed by atoms with E-state index >= 15 is 0 Å². The molecule has 0 aliphatic heterocycles. The highest BCUT2D eigenvalue weighted by Gasteiger charge is 2.43. The Kier molecular flexibility index (Phi) is 22.0. The Morgan fingerprint density at radius 3 is 1.26 bits per heavy atom. The third-order valence-corrected chi connectivity index (χ3v) is 8.02. The molecule has 228 valence electrons. The number of hydrogen-bond donors (Lipinski definition) is 0. The fourth-order valence-electron chi connectivity index (χ4n) is 5.42. The molecule has 1 rings (SSSR count). The largest absolute Gasteiger partial charge is 0.465 e. The lowest BCUT2D eigenvalue weighted by molar-refractivity contribution is -0.167. The van der Waals surface area contributed by atoms with Crippen LogP contribution in [0.25, 0.3) is 0 Å². The van der Waals surface area contributed by atoms with Gasteiger partial charge in [0.05, 0.1) is 37.6 Å². The Bertz CT molecular complexity index is 634. The molecular weight excluding hydrogens is 492 g/mol. The molecule has 1 aliphatic carbocycles. The summed E-state index contributed by atoms with van der Waals surface area (Å²) in [5.74, 6) is -2.45. The van der Waals surface area contributed by atoms with Crippen molar-refractivity contribution in [3.8, 4) is 0 Å². The van der Waals surface area contributed by atoms with Crippen molar-refractivity contribution in [3.63, 3.8) is 0 Å². The van der Waals surface area contributed by atoms with Crippen molar-refractivity contribution in [1.29, 1.82) is 0 Å². The number of carbonyl (C=O) groups is 3. The first-order valence-corrected chi connectivity index (χ1v) is 16.5. The average molecular weight is 553 g/mol. The normalized spacial score (nSPS) is 19.0. The Hall–Kier alpha value is -1.59. The van der Waals surface area contributed by atoms with Gasteiger partial charge in [0.25, 0.3) is 0 Å². The fourth-order valence-corrected chi connectivity index (χ4v) is 5.42. The van der Waals surface area contributed by atoms with Gasteiger partial charge in [0.15, 0.2) is 0 Å². The summed E-state index contributed by atoms with van der Waals surface area (Å²) in [7, 11) is 0. The van der Waals surface area contributed by atoms with E-state index in [0.29, 0.717) is 39.1 Å². The van der Waals surface area contributed by atoms with Crippen molar-refractivity contribution >= 4 is 17.9 Å². The highest BCUT2D eigenvalue weighted by molar-refractivity contribution is 5.83. The van der Waals surface area contributed by atoms with Gasteiger partial charge < -0.3 is 14.2 Å². The molecule has 0 saturated heterocycles. The molecule has 3 atom stereocenters. The summed E-state index contributed by atoms with van der Waals surface area (Å²) < 4.78 is 16.8. The van der Waals surface area contributed by atoms with E-state index in [1.165, 1.54) is 64.2 Å². The van der Waals surface area contributed by atoms with E-state index in [9.17, 15) is 14.4 Å². The van der Waals surface area contributed by atoms with E-state index in [2.05, 4.69) is 20.8 Å². The average Bonchev–Trinajstić information content (AvgIpc) is 2.95. The van der Waals surface area contributed by atoms with E-state index in [-0.39, 0.29) is 23.8 Å². The molecule has 0 spiro atoms. The van der Waals surface area contributed by atoms with Crippen LogP contribution in [0.3, 0.4) is 0 Å². The number of rotatable bonds is 24. The third-order valence-electron chi connectivity index (χ3n) is 8.02. The zero-order valence-electron chi connectivity index (χ0n) is 25.7. The summed E-state index contributed by atoms with van der Waals surface area (Å²) in [6, 6.07) is 0. The lowest BCUT2D eigenvalue weighted by atomic mass is 9.74. The van der Waals surface area contributed by atoms with E-state index in [0.717, 1.165) is 51.4 Å². The van der Waals surface area contributed by atoms with Crippen LogP contribution < -0.4 is 0 Å². The minimum Gasteiger partial charge on any atom is -0.465 e. The molecule has 0 amide bonds. The van der Waals surface area contributed by atoms with Crippen molar-refractivity contribution in [2.45, 2.75) is 156 Å². The number of ether oxygens (including phenoxy) is 3. The minimum absolute atomic E-state index is 0.240. The summed E-state index contributed by atoms with van der Waals surface area (Å²) in [5.41, 5.74) is 0. The molecule has 6 nitrogen and oxygen atoms in total. The molecule has 0 heterocycles. The fraction of sp³-hybridized carbons (Fsp3) is 0.909. The van der Waals surface area contributed by atoms with Crippen molar-refractivity contribution in [3.05, 3.63) is 0 Å². The van der Waals surface area contributed by atoms with Crippen LogP contribution in [0.2, 0.25) is 0 Å². The first-order valence-electron chi connectivity index (χ1n) is 16.5. The lowest BCUT2D eigenvalue weighted by Crippen LogP contribution is -2.40. The van der Waals surface area contributed by atoms with Crippen LogP contribution in [0, 0.1) is 17.8 Å². The van der Waals surface area contributed by atoms with E-state index in [1.807, 2.05) is 0 Å². The minimum atomic E-state index is -0.637. The summed E-state index contributed by atoms with van der Waals surface area (Å²) in [5, 5.41) is 0. The van der Waals surface area contributed by atoms with Gasteiger partial charge in [-0.15, -0.1) is 0 Å². The van der Waals surface area contributed by atoms with Crippen LogP contribution in [-0.2, 0) is 28.6 Å². The van der Waals surface area contributed by atoms with Crippen LogP contribution in [0.4, 0.5) is 0 Å². The van der Waals surface area contributed by atoms with Gasteiger partial charge >= 0.3 is 17.9 Å². The summed E-state index contributed by atoms with van der Waals surface area (Å²) >= 11 is 0. The molecule has 1 aliphatic rings. The Morgan fingerprint density at radius 2 is 0.821 bits per heavy atom. The second kappa shape index (κ2) is 24.2. The van der Waals surface area contributed by atoms with Crippen LogP contribution >= 0.6 is 0 Å². The van der Waals surface area contributed by atoms with Gasteiger partial charge in [0.1, 0.15) is 0 Å². The number of hydrogen-bond acceptors (Lipinski definition) is 6. The maximum Gasteiger partial charge on any atom is 0.309 e. The van der Waals surface area contributed by atoms with Crippen LogP contribution in [-0.4, -0.2) is 37.7 Å². The molecule has 0 bridgehead atoms. The van der Waals surface area contributed by atoms with Crippen molar-refractivity contribution in [2.75, 3.05) is 19.8 Å². The van der Waals surface area contributed by atoms with Crippen molar-refractivity contribution in [1.82, 2.24) is 0 Å². The van der Waals surface area contributed by atoms with Gasteiger partial charge in [-0.1, -0.05) is 117 Å². The van der Waals surface area contributed by atoms with Crippen molar-refractivity contribution in [2.24, 2.45) is 17.8 Å². The molecule has 0 aromatic heterocycles. The van der Waals surface area contributed by atoms with E-state index in [4.69, 9.17) is 14.2 Å². The Morgan fingerprint density at radius 1 is 0.462 bits per heavy atom. The summed E-state index contributed by atoms with van der Waals surface area (Å²) in [4.78, 5) is 38.9. The first-order chi connectivity index (χ1) is 19.0. The van der Waals surface area contributed by atoms with E-state index < -0.39 is 11.8 Å². The molecule has 1 saturated carbocycles. The topological polar surface area (TPSA) is 78.9 Å². The van der Waals surface area contributed by atoms with Gasteiger partial charge in [-0.2, -0.15) is 0 Å². The maximum atomic E-state index is 13.1. The van der Waals surface area contributed by atoms with Gasteiger partial charge in [-0.05, 0) is 38.5 Å². The van der Waals surface area contributed by atoms with E-state index in [1.54, 1.807) is 0 Å². The zero-order valence-corrected chi connectivity index (χ0v) is 25.7. The van der Waals surface area contributed by atoms with Crippen LogP contribution in [0.15, 0.2) is 0 Å². The first kappa shape index (κ1) is 35.4. The maximum absolute atomic E-state index is 13.1. The second-order valence-electron chi connectivity index (χ2n) is 11.5. The van der Waals surface area contributed by atoms with Crippen LogP contribution in [0.1, 0.15) is 156 Å². The molecule has 39 heavy (non-hydrogen) atoms. The van der Waals surface area contributed by atoms with Gasteiger partial charge in [0, 0.05) is 0 Å². The SMILES string of the molecule is CCCCCCCCOC(=O)C1CCC(C(=O)OCCCCCCCC)C(C(=O)OCCCCCCCC)C1. The monoisotopic (exact) mass is 552 g/mol. The van der Waals surface area contributed by atoms with Gasteiger partial charge in [0.2, 0.25) is 0 Å². The Balaban J connectivity index is 2.55. The molecular formula is C33H60O6. The third kappa shape index (κ3) is 17.0. The van der Waals surface area contributed by atoms with Gasteiger partial charge in [-0.3, -0.25) is 14.4 Å². The zero-order chi connectivity index (χ0) is 28.6. The molecule has 0 N–H and O–H groups in total. The highest BCUT2D eigenvalue weighted by atomic mass is 16.5. The van der Waals surface area contributed by atoms with Crippen LogP contribution in [0.5, 0.6) is 0 Å². The molecule has 6 heteroatoms. The Labute approximate surface area is 239 Å². The number of esters is 3. The number of unbranched alkanes of at least 4 members (excludes halogenated alkanes) is 15. The number of carbonyl (C=O) groups excluding carboxylic acids is 3. The molecule has 0 radical (unpaired) electrons. The van der Waals surface area contributed by atoms with Crippen molar-refractivity contribution < 1.29 is 28.6 Å². The standard InChI is InChI=1S/C33H60O6/c1-4-7-10-13-16-19-24-37-31(34)28-22-23-29(32(35)38-25-20-17-14-11-8-5-2)30(27-28)33(36)39-26-21-18-15-12-9-6-3/h28-30H,4-27H2,1-3H3. The molecule has 3 unspecified atom stereocenters. The molecule has 0 aromatic rings. The lowest BCUT2D eigenvalue weighted by Gasteiger charge is -2.32. The summed E-state index contributed by atoms with van der Waals surface area (Å²) in [6.45, 7) is 7.78. The molecule has 1 fully saturated rings. The summed E-state index contributed by atoms with van der Waals surface area (Å²) in [6.07, 6.45) is 21.5. The van der Waals surface area contributed by atoms with Gasteiger partial charge in [-0.25, -0.2) is 0 Å². The molecule has 0 aromatic carbocycles. The predicted octanol–water partition coefficient (Wildman–Crippen LogP) is 8.73. The second-order valence-corrected chi connectivity index (χ2v) is 11.5. The smallest absolute Gasteiger partial charge is 0.309 e.